The van der Waals surface area contributed by atoms with Gasteiger partial charge in [0.1, 0.15) is 0 Å². The van der Waals surface area contributed by atoms with Crippen LogP contribution in [0.5, 0.6) is 0 Å². The molecule has 0 aliphatic heterocycles. The maximum Gasteiger partial charge on any atom is 0.335 e. The van der Waals surface area contributed by atoms with Crippen LogP contribution in [0.2, 0.25) is 0 Å². The third-order valence-corrected chi connectivity index (χ3v) is 3.09. The maximum absolute atomic E-state index is 11.6. The SMILES string of the molecule is CC1CC1C(=O)NCc1cccc(C(=O)O)c1. The number of benzene rings is 1. The minimum absolute atomic E-state index is 0.0678. The number of hydrogen-bond acceptors (Lipinski definition) is 2. The second-order valence-electron chi connectivity index (χ2n) is 4.54. The van der Waals surface area contributed by atoms with E-state index >= 15 is 0 Å². The van der Waals surface area contributed by atoms with E-state index in [1.807, 2.05) is 6.07 Å². The maximum atomic E-state index is 11.6. The molecule has 2 rings (SSSR count). The van der Waals surface area contributed by atoms with Crippen LogP contribution in [0.15, 0.2) is 24.3 Å². The van der Waals surface area contributed by atoms with Gasteiger partial charge >= 0.3 is 5.97 Å². The number of carbonyl (C=O) groups excluding carboxylic acids is 1. The zero-order chi connectivity index (χ0) is 12.4. The highest BCUT2D eigenvalue weighted by atomic mass is 16.4. The van der Waals surface area contributed by atoms with Crippen LogP contribution in [0.4, 0.5) is 0 Å². The third kappa shape index (κ3) is 2.84. The van der Waals surface area contributed by atoms with Gasteiger partial charge in [0, 0.05) is 12.5 Å². The van der Waals surface area contributed by atoms with Crippen molar-refractivity contribution >= 4 is 11.9 Å². The molecule has 0 radical (unpaired) electrons. The Morgan fingerprint density at radius 2 is 2.18 bits per heavy atom. The molecular weight excluding hydrogens is 218 g/mol. The van der Waals surface area contributed by atoms with Crippen molar-refractivity contribution in [1.29, 1.82) is 0 Å². The van der Waals surface area contributed by atoms with Crippen molar-refractivity contribution in [2.45, 2.75) is 19.9 Å². The predicted molar refractivity (Wildman–Crippen MR) is 62.5 cm³/mol. The lowest BCUT2D eigenvalue weighted by Crippen LogP contribution is -2.24. The molecule has 0 bridgehead atoms. The Balaban J connectivity index is 1.92. The third-order valence-electron chi connectivity index (χ3n) is 3.09. The summed E-state index contributed by atoms with van der Waals surface area (Å²) >= 11 is 0. The van der Waals surface area contributed by atoms with Crippen LogP contribution in [-0.4, -0.2) is 17.0 Å². The fourth-order valence-electron chi connectivity index (χ4n) is 1.82. The fraction of sp³-hybridized carbons (Fsp3) is 0.385. The predicted octanol–water partition coefficient (Wildman–Crippen LogP) is 1.66. The molecule has 0 saturated heterocycles. The summed E-state index contributed by atoms with van der Waals surface area (Å²) < 4.78 is 0. The van der Waals surface area contributed by atoms with E-state index in [1.54, 1.807) is 12.1 Å². The van der Waals surface area contributed by atoms with Crippen molar-refractivity contribution in [3.05, 3.63) is 35.4 Å². The number of aromatic carboxylic acids is 1. The zero-order valence-electron chi connectivity index (χ0n) is 9.64. The first kappa shape index (κ1) is 11.6. The van der Waals surface area contributed by atoms with Crippen LogP contribution in [0.1, 0.15) is 29.3 Å². The van der Waals surface area contributed by atoms with E-state index in [1.165, 1.54) is 6.07 Å². The molecule has 17 heavy (non-hydrogen) atoms. The van der Waals surface area contributed by atoms with Crippen LogP contribution in [0.3, 0.4) is 0 Å². The second kappa shape index (κ2) is 4.57. The van der Waals surface area contributed by atoms with Gasteiger partial charge in [-0.15, -0.1) is 0 Å². The molecule has 2 atom stereocenters. The monoisotopic (exact) mass is 233 g/mol. The van der Waals surface area contributed by atoms with E-state index in [-0.39, 0.29) is 17.4 Å². The standard InChI is InChI=1S/C13H15NO3/c1-8-5-11(8)12(15)14-7-9-3-2-4-10(6-9)13(16)17/h2-4,6,8,11H,5,7H2,1H3,(H,14,15)(H,16,17). The lowest BCUT2D eigenvalue weighted by Gasteiger charge is -2.05. The molecule has 1 aliphatic carbocycles. The number of carbonyl (C=O) groups is 2. The topological polar surface area (TPSA) is 66.4 Å². The van der Waals surface area contributed by atoms with Gasteiger partial charge in [-0.3, -0.25) is 4.79 Å². The lowest BCUT2D eigenvalue weighted by molar-refractivity contribution is -0.122. The number of rotatable bonds is 4. The molecule has 90 valence electrons. The molecule has 1 saturated carbocycles. The van der Waals surface area contributed by atoms with Crippen molar-refractivity contribution < 1.29 is 14.7 Å². The van der Waals surface area contributed by atoms with Gasteiger partial charge in [0.05, 0.1) is 5.56 Å². The molecule has 0 heterocycles. The van der Waals surface area contributed by atoms with Gasteiger partial charge in [-0.1, -0.05) is 19.1 Å². The Morgan fingerprint density at radius 1 is 1.47 bits per heavy atom. The summed E-state index contributed by atoms with van der Waals surface area (Å²) in [6, 6.07) is 6.61. The molecule has 0 aromatic heterocycles. The average Bonchev–Trinajstić information content (AvgIpc) is 3.04. The summed E-state index contributed by atoms with van der Waals surface area (Å²) in [5.74, 6) is -0.245. The van der Waals surface area contributed by atoms with Gasteiger partial charge in [-0.2, -0.15) is 0 Å². The molecule has 1 aliphatic rings. The first-order valence-electron chi connectivity index (χ1n) is 5.68. The smallest absolute Gasteiger partial charge is 0.335 e. The highest BCUT2D eigenvalue weighted by Gasteiger charge is 2.38. The van der Waals surface area contributed by atoms with Gasteiger partial charge < -0.3 is 10.4 Å². The molecule has 0 spiro atoms. The molecule has 4 heteroatoms. The fourth-order valence-corrected chi connectivity index (χ4v) is 1.82. The quantitative estimate of drug-likeness (QED) is 0.831. The number of amides is 1. The summed E-state index contributed by atoms with van der Waals surface area (Å²) in [5.41, 5.74) is 1.06. The van der Waals surface area contributed by atoms with Crippen LogP contribution >= 0.6 is 0 Å². The molecule has 1 amide bonds. The highest BCUT2D eigenvalue weighted by molar-refractivity contribution is 5.87. The second-order valence-corrected chi connectivity index (χ2v) is 4.54. The minimum Gasteiger partial charge on any atom is -0.478 e. The summed E-state index contributed by atoms with van der Waals surface area (Å²) in [7, 11) is 0. The van der Waals surface area contributed by atoms with Crippen LogP contribution in [0, 0.1) is 11.8 Å². The first-order valence-corrected chi connectivity index (χ1v) is 5.68. The molecular formula is C13H15NO3. The number of hydrogen-bond donors (Lipinski definition) is 2. The molecule has 1 aromatic rings. The van der Waals surface area contributed by atoms with E-state index in [4.69, 9.17) is 5.11 Å². The normalized spacial score (nSPS) is 21.9. The van der Waals surface area contributed by atoms with Crippen LogP contribution in [0.25, 0.3) is 0 Å². The molecule has 4 nitrogen and oxygen atoms in total. The van der Waals surface area contributed by atoms with Crippen molar-refractivity contribution in [3.8, 4) is 0 Å². The Bertz CT molecular complexity index is 456. The van der Waals surface area contributed by atoms with E-state index in [2.05, 4.69) is 12.2 Å². The van der Waals surface area contributed by atoms with Gasteiger partial charge in [-0.05, 0) is 30.0 Å². The summed E-state index contributed by atoms with van der Waals surface area (Å²) in [4.78, 5) is 22.3. The highest BCUT2D eigenvalue weighted by Crippen LogP contribution is 2.37. The minimum atomic E-state index is -0.950. The Labute approximate surface area is 99.6 Å². The number of carboxylic acids is 1. The van der Waals surface area contributed by atoms with E-state index in [9.17, 15) is 9.59 Å². The van der Waals surface area contributed by atoms with E-state index in [0.717, 1.165) is 12.0 Å². The Kier molecular flexibility index (Phi) is 3.13. The summed E-state index contributed by atoms with van der Waals surface area (Å²) in [6.07, 6.45) is 0.959. The molecule has 1 fully saturated rings. The largest absolute Gasteiger partial charge is 0.478 e. The average molecular weight is 233 g/mol. The van der Waals surface area contributed by atoms with Crippen LogP contribution < -0.4 is 5.32 Å². The molecule has 1 aromatic carbocycles. The molecule has 2 unspecified atom stereocenters. The lowest BCUT2D eigenvalue weighted by atomic mass is 10.1. The van der Waals surface area contributed by atoms with Gasteiger partial charge in [-0.25, -0.2) is 4.79 Å². The first-order chi connectivity index (χ1) is 8.08. The number of carboxylic acid groups (broad SMARTS) is 1. The van der Waals surface area contributed by atoms with Gasteiger partial charge in [0.2, 0.25) is 5.91 Å². The summed E-state index contributed by atoms with van der Waals surface area (Å²) in [6.45, 7) is 2.44. The van der Waals surface area contributed by atoms with Crippen molar-refractivity contribution in [1.82, 2.24) is 5.32 Å². The van der Waals surface area contributed by atoms with Crippen LogP contribution in [-0.2, 0) is 11.3 Å². The Morgan fingerprint density at radius 3 is 2.76 bits per heavy atom. The van der Waals surface area contributed by atoms with E-state index < -0.39 is 5.97 Å². The van der Waals surface area contributed by atoms with Gasteiger partial charge in [0.25, 0.3) is 0 Å². The zero-order valence-corrected chi connectivity index (χ0v) is 9.64. The van der Waals surface area contributed by atoms with E-state index in [0.29, 0.717) is 12.5 Å². The molecule has 2 N–H and O–H groups in total. The Hall–Kier alpha value is -1.84. The van der Waals surface area contributed by atoms with Gasteiger partial charge in [0.15, 0.2) is 0 Å². The van der Waals surface area contributed by atoms with Crippen molar-refractivity contribution in [2.24, 2.45) is 11.8 Å². The van der Waals surface area contributed by atoms with Crippen molar-refractivity contribution in [2.75, 3.05) is 0 Å². The summed E-state index contributed by atoms with van der Waals surface area (Å²) in [5, 5.41) is 11.7. The van der Waals surface area contributed by atoms with Crippen molar-refractivity contribution in [3.63, 3.8) is 0 Å². The number of nitrogens with one attached hydrogen (secondary N) is 1.